The molecule has 2 heterocycles. The Morgan fingerprint density at radius 1 is 1.46 bits per heavy atom. The van der Waals surface area contributed by atoms with Crippen molar-refractivity contribution >= 4 is 30.5 Å². The van der Waals surface area contributed by atoms with Crippen molar-refractivity contribution in [3.8, 4) is 0 Å². The topological polar surface area (TPSA) is 165 Å². The highest BCUT2D eigenvalue weighted by Crippen LogP contribution is 2.34. The molecule has 1 amide bonds. The van der Waals surface area contributed by atoms with Crippen molar-refractivity contribution in [3.63, 3.8) is 0 Å². The van der Waals surface area contributed by atoms with Gasteiger partial charge in [-0.2, -0.15) is 0 Å². The van der Waals surface area contributed by atoms with E-state index in [1.807, 2.05) is 0 Å². The lowest BCUT2D eigenvalue weighted by molar-refractivity contribution is -0.132. The molecule has 1 aliphatic rings. The fraction of sp³-hybridized carbons (Fsp3) is 0.500. The van der Waals surface area contributed by atoms with Crippen LogP contribution in [0.25, 0.3) is 11.2 Å². The van der Waals surface area contributed by atoms with Gasteiger partial charge in [-0.25, -0.2) is 15.0 Å². The summed E-state index contributed by atoms with van der Waals surface area (Å²) in [7, 11) is -4.40. The lowest BCUT2D eigenvalue weighted by Gasteiger charge is -2.18. The van der Waals surface area contributed by atoms with E-state index < -0.39 is 26.0 Å². The van der Waals surface area contributed by atoms with Gasteiger partial charge in [0.15, 0.2) is 17.6 Å². The third kappa shape index (κ3) is 4.06. The van der Waals surface area contributed by atoms with Crippen LogP contribution >= 0.6 is 7.60 Å². The van der Waals surface area contributed by atoms with Gasteiger partial charge in [0.25, 0.3) is 5.91 Å². The number of fused-ring (bicyclic) bond motifs is 1. The molecule has 2 aromatic rings. The molecular weight excluding hydrogens is 339 g/mol. The number of carbonyl (C=O) groups excluding carboxylic acids is 1. The monoisotopic (exact) mass is 356 g/mol. The zero-order chi connectivity index (χ0) is 17.3. The number of nitrogen functional groups attached to an aromatic ring is 1. The van der Waals surface area contributed by atoms with Gasteiger partial charge in [-0.1, -0.05) is 0 Å². The Labute approximate surface area is 136 Å². The molecule has 1 aliphatic carbocycles. The van der Waals surface area contributed by atoms with Crippen molar-refractivity contribution in [2.75, 3.05) is 12.1 Å². The summed E-state index contributed by atoms with van der Waals surface area (Å²) in [6.45, 7) is -0.00843. The highest BCUT2D eigenvalue weighted by atomic mass is 31.2. The highest BCUT2D eigenvalue weighted by Gasteiger charge is 2.30. The smallest absolute Gasteiger partial charge is 0.351 e. The Kier molecular flexibility index (Phi) is 4.50. The summed E-state index contributed by atoms with van der Waals surface area (Å²) in [4.78, 5) is 42.2. The molecule has 0 aliphatic heterocycles. The van der Waals surface area contributed by atoms with E-state index in [1.54, 1.807) is 0 Å². The van der Waals surface area contributed by atoms with Gasteiger partial charge in [0, 0.05) is 6.04 Å². The molecule has 0 saturated heterocycles. The number of nitrogens with two attached hydrogens (primary N) is 1. The van der Waals surface area contributed by atoms with Crippen molar-refractivity contribution in [1.29, 1.82) is 0 Å². The van der Waals surface area contributed by atoms with Gasteiger partial charge in [0.1, 0.15) is 18.2 Å². The Balaban J connectivity index is 1.79. The molecule has 0 radical (unpaired) electrons. The van der Waals surface area contributed by atoms with E-state index in [4.69, 9.17) is 20.3 Å². The fourth-order valence-electron chi connectivity index (χ4n) is 2.13. The summed E-state index contributed by atoms with van der Waals surface area (Å²) in [6, 6.07) is 0.0937. The third-order valence-corrected chi connectivity index (χ3v) is 3.94. The van der Waals surface area contributed by atoms with Gasteiger partial charge in [-0.15, -0.1) is 0 Å². The second kappa shape index (κ2) is 6.44. The lowest BCUT2D eigenvalue weighted by atomic mass is 10.3. The van der Waals surface area contributed by atoms with Gasteiger partial charge in [0.2, 0.25) is 0 Å². The van der Waals surface area contributed by atoms with Crippen LogP contribution < -0.4 is 11.1 Å². The Hall–Kier alpha value is -2.07. The maximum absolute atomic E-state index is 12.3. The Morgan fingerprint density at radius 2 is 2.21 bits per heavy atom. The molecule has 0 aromatic carbocycles. The minimum absolute atomic E-state index is 0.00843. The van der Waals surface area contributed by atoms with Crippen molar-refractivity contribution in [1.82, 2.24) is 24.8 Å². The zero-order valence-corrected chi connectivity index (χ0v) is 13.5. The second-order valence-corrected chi connectivity index (χ2v) is 7.15. The molecular formula is C12H17N6O5P. The molecule has 2 aromatic heterocycles. The van der Waals surface area contributed by atoms with Gasteiger partial charge < -0.3 is 30.1 Å². The maximum Gasteiger partial charge on any atom is 0.351 e. The first kappa shape index (κ1) is 16.8. The minimum atomic E-state index is -4.40. The molecule has 11 nitrogen and oxygen atoms in total. The number of nitrogens with one attached hydrogen (secondary N) is 1. The van der Waals surface area contributed by atoms with E-state index >= 15 is 0 Å². The van der Waals surface area contributed by atoms with Gasteiger partial charge >= 0.3 is 7.60 Å². The third-order valence-electron chi connectivity index (χ3n) is 3.45. The van der Waals surface area contributed by atoms with Crippen molar-refractivity contribution in [3.05, 3.63) is 12.7 Å². The average Bonchev–Trinajstić information content (AvgIpc) is 3.21. The number of carbonyl (C=O) groups is 1. The maximum atomic E-state index is 12.3. The summed E-state index contributed by atoms with van der Waals surface area (Å²) in [5.74, 6) is -0.233. The van der Waals surface area contributed by atoms with Crippen LogP contribution in [0.2, 0.25) is 0 Å². The van der Waals surface area contributed by atoms with E-state index in [0.717, 1.165) is 12.8 Å². The van der Waals surface area contributed by atoms with Crippen LogP contribution in [0.1, 0.15) is 12.8 Å². The summed E-state index contributed by atoms with van der Waals surface area (Å²) in [6.07, 6.45) is 2.52. The number of rotatable bonds is 7. The molecule has 1 fully saturated rings. The van der Waals surface area contributed by atoms with Crippen LogP contribution in [0.5, 0.6) is 0 Å². The number of hydrogen-bond donors (Lipinski definition) is 4. The Morgan fingerprint density at radius 3 is 2.88 bits per heavy atom. The quantitative estimate of drug-likeness (QED) is 0.465. The summed E-state index contributed by atoms with van der Waals surface area (Å²) in [5, 5.41) is 2.75. The van der Waals surface area contributed by atoms with Crippen LogP contribution in [-0.2, 0) is 20.6 Å². The molecule has 12 heteroatoms. The SMILES string of the molecule is Nc1ncnc2c1ncn2C[C@H](OCP(=O)(O)O)C(=O)NC1CC1. The molecule has 0 spiro atoms. The molecule has 1 saturated carbocycles. The van der Waals surface area contributed by atoms with E-state index in [2.05, 4.69) is 20.3 Å². The normalized spacial score (nSPS) is 16.2. The highest BCUT2D eigenvalue weighted by molar-refractivity contribution is 7.51. The number of amides is 1. The van der Waals surface area contributed by atoms with Crippen molar-refractivity contribution < 1.29 is 23.9 Å². The first-order valence-corrected chi connectivity index (χ1v) is 9.01. The van der Waals surface area contributed by atoms with Gasteiger partial charge in [-0.3, -0.25) is 9.36 Å². The fourth-order valence-corrected chi connectivity index (χ4v) is 2.51. The predicted octanol–water partition coefficient (Wildman–Crippen LogP) is -0.793. The first-order chi connectivity index (χ1) is 11.3. The second-order valence-electron chi connectivity index (χ2n) is 5.56. The van der Waals surface area contributed by atoms with Crippen LogP contribution in [0, 0.1) is 0 Å². The number of anilines is 1. The summed E-state index contributed by atoms with van der Waals surface area (Å²) in [5.41, 5.74) is 6.50. The van der Waals surface area contributed by atoms with Crippen LogP contribution in [0.15, 0.2) is 12.7 Å². The standard InChI is InChI=1S/C12H17N6O5P/c13-10-9-11(15-4-14-10)18(5-16-9)3-8(23-6-24(20,21)22)12(19)17-7-1-2-7/h4-5,7-8H,1-3,6H2,(H,17,19)(H2,13,14,15)(H2,20,21,22)/t8-/m0/s1. The largest absolute Gasteiger partial charge is 0.382 e. The number of aromatic nitrogens is 4. The molecule has 0 unspecified atom stereocenters. The summed E-state index contributed by atoms with van der Waals surface area (Å²) >= 11 is 0. The van der Waals surface area contributed by atoms with Gasteiger partial charge in [0.05, 0.1) is 12.9 Å². The molecule has 130 valence electrons. The van der Waals surface area contributed by atoms with Crippen LogP contribution in [-0.4, -0.2) is 53.7 Å². The molecule has 24 heavy (non-hydrogen) atoms. The molecule has 5 N–H and O–H groups in total. The number of nitrogens with zero attached hydrogens (tertiary/aromatic N) is 4. The van der Waals surface area contributed by atoms with E-state index in [1.165, 1.54) is 17.2 Å². The van der Waals surface area contributed by atoms with Crippen molar-refractivity contribution in [2.24, 2.45) is 0 Å². The predicted molar refractivity (Wildman–Crippen MR) is 82.7 cm³/mol. The first-order valence-electron chi connectivity index (χ1n) is 7.21. The number of ether oxygens (including phenoxy) is 1. The Bertz CT molecular complexity index is 800. The number of hydrogen-bond acceptors (Lipinski definition) is 7. The van der Waals surface area contributed by atoms with E-state index in [9.17, 15) is 9.36 Å². The molecule has 3 rings (SSSR count). The van der Waals surface area contributed by atoms with Gasteiger partial charge in [-0.05, 0) is 12.8 Å². The zero-order valence-electron chi connectivity index (χ0n) is 12.6. The number of imidazole rings is 1. The lowest BCUT2D eigenvalue weighted by Crippen LogP contribution is -2.40. The van der Waals surface area contributed by atoms with Crippen LogP contribution in [0.3, 0.4) is 0 Å². The van der Waals surface area contributed by atoms with E-state index in [0.29, 0.717) is 11.2 Å². The summed E-state index contributed by atoms with van der Waals surface area (Å²) < 4.78 is 17.7. The van der Waals surface area contributed by atoms with Crippen molar-refractivity contribution in [2.45, 2.75) is 31.5 Å². The average molecular weight is 356 g/mol. The van der Waals surface area contributed by atoms with E-state index in [-0.39, 0.29) is 18.4 Å². The minimum Gasteiger partial charge on any atom is -0.382 e. The molecule has 0 bridgehead atoms. The molecule has 1 atom stereocenters. The van der Waals surface area contributed by atoms with Crippen LogP contribution in [0.4, 0.5) is 5.82 Å².